The molecule has 0 unspecified atom stereocenters. The molecule has 5 N–H and O–H groups in total. The van der Waals surface area contributed by atoms with Gasteiger partial charge in [0.1, 0.15) is 10.6 Å². The minimum absolute atomic E-state index is 0.0104. The minimum Gasteiger partial charge on any atom is -0.399 e. The number of rotatable bonds is 5. The molecule has 3 aromatic rings. The van der Waals surface area contributed by atoms with Crippen molar-refractivity contribution in [1.29, 1.82) is 0 Å². The molecule has 0 atom stereocenters. The lowest BCUT2D eigenvalue weighted by Gasteiger charge is -2.06. The highest BCUT2D eigenvalue weighted by atomic mass is 35.5. The number of nitrogens with one attached hydrogen (secondary N) is 1. The molecular formula is C16H14ClN5O7S2. The van der Waals surface area contributed by atoms with Crippen LogP contribution in [0.25, 0.3) is 5.69 Å². The zero-order valence-electron chi connectivity index (χ0n) is 15.5. The van der Waals surface area contributed by atoms with Crippen molar-refractivity contribution in [2.45, 2.75) is 16.7 Å². The third-order valence-electron chi connectivity index (χ3n) is 4.02. The van der Waals surface area contributed by atoms with Crippen LogP contribution in [0.5, 0.6) is 0 Å². The predicted octanol–water partition coefficient (Wildman–Crippen LogP) is 2.62. The van der Waals surface area contributed by atoms with Crippen molar-refractivity contribution in [1.82, 2.24) is 9.78 Å². The van der Waals surface area contributed by atoms with E-state index in [2.05, 4.69) is 15.3 Å². The average Bonchev–Trinajstić information content (AvgIpc) is 2.92. The van der Waals surface area contributed by atoms with E-state index in [1.165, 1.54) is 19.1 Å². The maximum absolute atomic E-state index is 12.8. The summed E-state index contributed by atoms with van der Waals surface area (Å²) in [6, 6.07) is 6.61. The van der Waals surface area contributed by atoms with Crippen molar-refractivity contribution in [3.8, 4) is 5.69 Å². The molecule has 2 aromatic carbocycles. The standard InChI is InChI=1S/C16H14ClN5O7S2/c1-8-15(20-19-12-6-9(18)2-5-14(12)31(27,28)29)16(23)22(21-8)13-7-10(30(24,25)26)3-4-11(13)17/h2-7,21H,18H2,1H3,(H,24,25,26)(H,27,28,29). The molecule has 31 heavy (non-hydrogen) atoms. The highest BCUT2D eigenvalue weighted by Gasteiger charge is 2.19. The molecule has 1 heterocycles. The number of aryl methyl sites for hydroxylation is 1. The van der Waals surface area contributed by atoms with Gasteiger partial charge in [-0.15, -0.1) is 10.2 Å². The summed E-state index contributed by atoms with van der Waals surface area (Å²) in [5.74, 6) is 0. The van der Waals surface area contributed by atoms with Gasteiger partial charge in [0.25, 0.3) is 25.8 Å². The van der Waals surface area contributed by atoms with Gasteiger partial charge in [0.05, 0.1) is 21.3 Å². The number of azo groups is 1. The van der Waals surface area contributed by atoms with Crippen molar-refractivity contribution in [2.75, 3.05) is 5.73 Å². The Morgan fingerprint density at radius 3 is 2.32 bits per heavy atom. The van der Waals surface area contributed by atoms with Crippen LogP contribution < -0.4 is 11.3 Å². The lowest BCUT2D eigenvalue weighted by molar-refractivity contribution is 0.481. The van der Waals surface area contributed by atoms with Crippen LogP contribution in [-0.4, -0.2) is 35.7 Å². The Morgan fingerprint density at radius 2 is 1.71 bits per heavy atom. The number of halogens is 1. The third-order valence-corrected chi connectivity index (χ3v) is 6.09. The van der Waals surface area contributed by atoms with Gasteiger partial charge in [-0.05, 0) is 43.3 Å². The average molecular weight is 488 g/mol. The Bertz CT molecular complexity index is 1490. The molecule has 0 saturated heterocycles. The molecule has 15 heteroatoms. The molecule has 0 aliphatic carbocycles. The maximum Gasteiger partial charge on any atom is 0.299 e. The molecule has 3 rings (SSSR count). The molecule has 0 saturated carbocycles. The van der Waals surface area contributed by atoms with Crippen LogP contribution in [0.4, 0.5) is 17.1 Å². The Morgan fingerprint density at radius 1 is 1.03 bits per heavy atom. The Hall–Kier alpha value is -3.04. The molecule has 0 aliphatic rings. The largest absolute Gasteiger partial charge is 0.399 e. The number of aromatic nitrogens is 2. The van der Waals surface area contributed by atoms with Crippen molar-refractivity contribution >= 4 is 48.9 Å². The zero-order chi connectivity index (χ0) is 23.1. The Labute approximate surface area is 180 Å². The van der Waals surface area contributed by atoms with Crippen molar-refractivity contribution in [3.05, 3.63) is 57.5 Å². The zero-order valence-corrected chi connectivity index (χ0v) is 17.9. The number of hydrogen-bond donors (Lipinski definition) is 4. The molecule has 1 aromatic heterocycles. The summed E-state index contributed by atoms with van der Waals surface area (Å²) in [5, 5.41) is 10.1. The lowest BCUT2D eigenvalue weighted by Crippen LogP contribution is -2.15. The van der Waals surface area contributed by atoms with Gasteiger partial charge in [-0.2, -0.15) is 16.8 Å². The summed E-state index contributed by atoms with van der Waals surface area (Å²) < 4.78 is 65.2. The van der Waals surface area contributed by atoms with E-state index in [1.54, 1.807) is 0 Å². The van der Waals surface area contributed by atoms with Crippen LogP contribution in [0.1, 0.15) is 5.69 Å². The first-order valence-corrected chi connectivity index (χ1v) is 11.4. The highest BCUT2D eigenvalue weighted by Crippen LogP contribution is 2.29. The monoisotopic (exact) mass is 487 g/mol. The van der Waals surface area contributed by atoms with Gasteiger partial charge >= 0.3 is 0 Å². The minimum atomic E-state index is -4.64. The van der Waals surface area contributed by atoms with Crippen LogP contribution in [0.15, 0.2) is 61.2 Å². The summed E-state index contributed by atoms with van der Waals surface area (Å²) in [6.07, 6.45) is 0. The van der Waals surface area contributed by atoms with Crippen molar-refractivity contribution < 1.29 is 25.9 Å². The van der Waals surface area contributed by atoms with E-state index in [9.17, 15) is 30.7 Å². The molecule has 0 aliphatic heterocycles. The van der Waals surface area contributed by atoms with Crippen LogP contribution >= 0.6 is 11.6 Å². The Kier molecular flexibility index (Phi) is 5.77. The Balaban J connectivity index is 2.14. The third kappa shape index (κ3) is 4.67. The van der Waals surface area contributed by atoms with Gasteiger partial charge in [0.15, 0.2) is 5.69 Å². The van der Waals surface area contributed by atoms with Gasteiger partial charge in [0, 0.05) is 5.69 Å². The lowest BCUT2D eigenvalue weighted by atomic mass is 10.3. The fourth-order valence-corrected chi connectivity index (χ4v) is 3.89. The molecule has 0 radical (unpaired) electrons. The van der Waals surface area contributed by atoms with Gasteiger partial charge in [0.2, 0.25) is 0 Å². The topological polar surface area (TPSA) is 197 Å². The molecule has 164 valence electrons. The number of nitrogen functional groups attached to an aromatic ring is 1. The smallest absolute Gasteiger partial charge is 0.299 e. The van der Waals surface area contributed by atoms with Gasteiger partial charge < -0.3 is 5.73 Å². The molecule has 0 bridgehead atoms. The van der Waals surface area contributed by atoms with E-state index < -0.39 is 35.6 Å². The normalized spacial score (nSPS) is 12.5. The number of H-pyrrole nitrogens is 1. The maximum atomic E-state index is 12.8. The fourth-order valence-electron chi connectivity index (χ4n) is 2.58. The van der Waals surface area contributed by atoms with Gasteiger partial charge in [-0.25, -0.2) is 4.68 Å². The number of anilines is 1. The first-order valence-electron chi connectivity index (χ1n) is 8.17. The van der Waals surface area contributed by atoms with E-state index in [4.69, 9.17) is 17.3 Å². The fraction of sp³-hybridized carbons (Fsp3) is 0.0625. The van der Waals surface area contributed by atoms with Crippen molar-refractivity contribution in [3.63, 3.8) is 0 Å². The molecular weight excluding hydrogens is 474 g/mol. The summed E-state index contributed by atoms with van der Waals surface area (Å²) in [7, 11) is -9.19. The second-order valence-electron chi connectivity index (χ2n) is 6.22. The number of aromatic amines is 1. The molecule has 12 nitrogen and oxygen atoms in total. The van der Waals surface area contributed by atoms with Gasteiger partial charge in [-0.1, -0.05) is 11.6 Å². The quantitative estimate of drug-likeness (QED) is 0.239. The highest BCUT2D eigenvalue weighted by molar-refractivity contribution is 7.86. The van der Waals surface area contributed by atoms with E-state index in [0.717, 1.165) is 28.9 Å². The molecule has 0 fully saturated rings. The predicted molar refractivity (Wildman–Crippen MR) is 111 cm³/mol. The first kappa shape index (κ1) is 22.6. The second kappa shape index (κ2) is 7.90. The van der Waals surface area contributed by atoms with Crippen LogP contribution in [0.3, 0.4) is 0 Å². The van der Waals surface area contributed by atoms with E-state index in [1.807, 2.05) is 0 Å². The summed E-state index contributed by atoms with van der Waals surface area (Å²) in [6.45, 7) is 1.45. The second-order valence-corrected chi connectivity index (χ2v) is 9.44. The van der Waals surface area contributed by atoms with Crippen LogP contribution in [0.2, 0.25) is 5.02 Å². The number of nitrogens with two attached hydrogens (primary N) is 1. The van der Waals surface area contributed by atoms with Crippen LogP contribution in [0, 0.1) is 6.92 Å². The summed E-state index contributed by atoms with van der Waals surface area (Å²) >= 11 is 6.06. The van der Waals surface area contributed by atoms with Crippen molar-refractivity contribution in [2.24, 2.45) is 10.2 Å². The first-order chi connectivity index (χ1) is 14.3. The molecule has 0 spiro atoms. The van der Waals surface area contributed by atoms with E-state index in [-0.39, 0.29) is 33.5 Å². The van der Waals surface area contributed by atoms with Crippen LogP contribution in [-0.2, 0) is 20.2 Å². The van der Waals surface area contributed by atoms with Gasteiger partial charge in [-0.3, -0.25) is 19.0 Å². The summed E-state index contributed by atoms with van der Waals surface area (Å²) in [4.78, 5) is 11.7. The number of benzene rings is 2. The molecule has 0 amide bonds. The number of nitrogens with zero attached hydrogens (tertiary/aromatic N) is 3. The SMILES string of the molecule is Cc1[nH]n(-c2cc(S(=O)(=O)O)ccc2Cl)c(=O)c1N=Nc1cc(N)ccc1S(=O)(=O)O. The summed E-state index contributed by atoms with van der Waals surface area (Å²) in [5.41, 5.74) is 4.48. The van der Waals surface area contributed by atoms with E-state index >= 15 is 0 Å². The number of hydrogen-bond acceptors (Lipinski definition) is 8. The van der Waals surface area contributed by atoms with E-state index in [0.29, 0.717) is 0 Å².